The molecule has 1 amide bonds. The molecule has 2 atom stereocenters. The molecule has 1 rings (SSSR count). The number of halogens is 2. The number of benzene rings is 1. The lowest BCUT2D eigenvalue weighted by molar-refractivity contribution is -0.123. The highest BCUT2D eigenvalue weighted by Gasteiger charge is 2.19. The Balaban J connectivity index is 2.65. The fourth-order valence-corrected chi connectivity index (χ4v) is 2.74. The Morgan fingerprint density at radius 1 is 1.48 bits per heavy atom. The molecule has 0 saturated carbocycles. The monoisotopic (exact) mass is 336 g/mol. The molecular weight excluding hydrogens is 319 g/mol. The Kier molecular flexibility index (Phi) is 6.12. The van der Waals surface area contributed by atoms with E-state index < -0.39 is 33.6 Å². The number of rotatable bonds is 6. The molecule has 1 aromatic rings. The fraction of sp³-hybridized carbons (Fsp3) is 0.462. The van der Waals surface area contributed by atoms with E-state index in [0.717, 1.165) is 12.3 Å². The standard InChI is InChI=1S/C13H18ClFN2O3S/c1-8(10-4-3-9(15)7-11(10)14)17-13(18)12(16)5-6-21(2,19)20/h3-4,7-8,12H,5-6,16H2,1-2H3,(H,17,18). The Morgan fingerprint density at radius 3 is 2.62 bits per heavy atom. The third-order valence-electron chi connectivity index (χ3n) is 2.92. The van der Waals surface area contributed by atoms with Crippen LogP contribution in [0, 0.1) is 5.82 Å². The van der Waals surface area contributed by atoms with Crippen molar-refractivity contribution in [3.05, 3.63) is 34.6 Å². The van der Waals surface area contributed by atoms with Gasteiger partial charge in [-0.2, -0.15) is 0 Å². The van der Waals surface area contributed by atoms with Gasteiger partial charge in [0.05, 0.1) is 17.8 Å². The largest absolute Gasteiger partial charge is 0.348 e. The molecule has 21 heavy (non-hydrogen) atoms. The number of carbonyl (C=O) groups is 1. The second-order valence-electron chi connectivity index (χ2n) is 4.92. The van der Waals surface area contributed by atoms with Gasteiger partial charge in [0, 0.05) is 11.3 Å². The van der Waals surface area contributed by atoms with Crippen LogP contribution in [0.3, 0.4) is 0 Å². The van der Waals surface area contributed by atoms with Crippen LogP contribution in [0.15, 0.2) is 18.2 Å². The van der Waals surface area contributed by atoms with Crippen molar-refractivity contribution in [2.24, 2.45) is 5.73 Å². The molecule has 0 radical (unpaired) electrons. The predicted molar refractivity (Wildman–Crippen MR) is 80.3 cm³/mol. The normalized spacial score (nSPS) is 14.5. The molecule has 0 bridgehead atoms. The van der Waals surface area contributed by atoms with Gasteiger partial charge < -0.3 is 11.1 Å². The lowest BCUT2D eigenvalue weighted by Crippen LogP contribution is -2.42. The number of hydrogen-bond donors (Lipinski definition) is 2. The van der Waals surface area contributed by atoms with E-state index in [-0.39, 0.29) is 17.2 Å². The molecule has 8 heteroatoms. The lowest BCUT2D eigenvalue weighted by atomic mass is 10.1. The van der Waals surface area contributed by atoms with E-state index in [4.69, 9.17) is 17.3 Å². The summed E-state index contributed by atoms with van der Waals surface area (Å²) in [7, 11) is -3.17. The molecule has 118 valence electrons. The summed E-state index contributed by atoms with van der Waals surface area (Å²) >= 11 is 5.91. The van der Waals surface area contributed by atoms with E-state index in [0.29, 0.717) is 5.56 Å². The van der Waals surface area contributed by atoms with Gasteiger partial charge in [-0.1, -0.05) is 17.7 Å². The Bertz CT molecular complexity index is 622. The van der Waals surface area contributed by atoms with Gasteiger partial charge in [-0.25, -0.2) is 12.8 Å². The van der Waals surface area contributed by atoms with Gasteiger partial charge >= 0.3 is 0 Å². The topological polar surface area (TPSA) is 89.3 Å². The molecule has 5 nitrogen and oxygen atoms in total. The van der Waals surface area contributed by atoms with Crippen LogP contribution in [-0.4, -0.2) is 32.4 Å². The van der Waals surface area contributed by atoms with E-state index in [1.165, 1.54) is 12.1 Å². The molecule has 0 saturated heterocycles. The average molecular weight is 337 g/mol. The average Bonchev–Trinajstić information content (AvgIpc) is 2.34. The summed E-state index contributed by atoms with van der Waals surface area (Å²) in [5.74, 6) is -1.11. The fourth-order valence-electron chi connectivity index (χ4n) is 1.72. The van der Waals surface area contributed by atoms with Crippen molar-refractivity contribution in [1.29, 1.82) is 0 Å². The summed E-state index contributed by atoms with van der Waals surface area (Å²) in [6.07, 6.45) is 1.12. The first-order valence-electron chi connectivity index (χ1n) is 6.29. The quantitative estimate of drug-likeness (QED) is 0.822. The second-order valence-corrected chi connectivity index (χ2v) is 7.59. The van der Waals surface area contributed by atoms with Gasteiger partial charge in [-0.3, -0.25) is 4.79 Å². The minimum atomic E-state index is -3.17. The van der Waals surface area contributed by atoms with Gasteiger partial charge in [0.25, 0.3) is 0 Å². The second kappa shape index (κ2) is 7.20. The molecule has 2 unspecified atom stereocenters. The summed E-state index contributed by atoms with van der Waals surface area (Å²) in [5.41, 5.74) is 6.20. The number of nitrogens with one attached hydrogen (secondary N) is 1. The van der Waals surface area contributed by atoms with Crippen molar-refractivity contribution in [1.82, 2.24) is 5.32 Å². The first-order valence-corrected chi connectivity index (χ1v) is 8.72. The van der Waals surface area contributed by atoms with Crippen molar-refractivity contribution in [2.75, 3.05) is 12.0 Å². The highest BCUT2D eigenvalue weighted by Crippen LogP contribution is 2.23. The summed E-state index contributed by atoms with van der Waals surface area (Å²) in [6.45, 7) is 1.68. The van der Waals surface area contributed by atoms with Crippen LogP contribution < -0.4 is 11.1 Å². The first-order chi connectivity index (χ1) is 9.60. The predicted octanol–water partition coefficient (Wildman–Crippen LogP) is 1.42. The van der Waals surface area contributed by atoms with Gasteiger partial charge in [-0.15, -0.1) is 0 Å². The number of nitrogens with two attached hydrogens (primary N) is 1. The summed E-state index contributed by atoms with van der Waals surface area (Å²) in [6, 6.07) is 2.48. The van der Waals surface area contributed by atoms with Gasteiger partial charge in [0.15, 0.2) is 0 Å². The molecule has 0 aromatic heterocycles. The highest BCUT2D eigenvalue weighted by molar-refractivity contribution is 7.90. The van der Waals surface area contributed by atoms with Gasteiger partial charge in [0.2, 0.25) is 5.91 Å². The molecular formula is C13H18ClFN2O3S. The SMILES string of the molecule is CC(NC(=O)C(N)CCS(C)(=O)=O)c1ccc(F)cc1Cl. The van der Waals surface area contributed by atoms with Crippen LogP contribution >= 0.6 is 11.6 Å². The van der Waals surface area contributed by atoms with Crippen LogP contribution in [-0.2, 0) is 14.6 Å². The van der Waals surface area contributed by atoms with Crippen molar-refractivity contribution in [3.8, 4) is 0 Å². The Morgan fingerprint density at radius 2 is 2.10 bits per heavy atom. The molecule has 0 spiro atoms. The Hall–Kier alpha value is -1.18. The zero-order chi connectivity index (χ0) is 16.2. The molecule has 0 aliphatic heterocycles. The van der Waals surface area contributed by atoms with Crippen LogP contribution in [0.5, 0.6) is 0 Å². The van der Waals surface area contributed by atoms with Crippen molar-refractivity contribution >= 4 is 27.3 Å². The molecule has 0 fully saturated rings. The van der Waals surface area contributed by atoms with E-state index >= 15 is 0 Å². The molecule has 0 aliphatic carbocycles. The molecule has 3 N–H and O–H groups in total. The third kappa shape index (κ3) is 5.99. The summed E-state index contributed by atoms with van der Waals surface area (Å²) in [5, 5.41) is 2.83. The van der Waals surface area contributed by atoms with Gasteiger partial charge in [0.1, 0.15) is 15.7 Å². The molecule has 0 heterocycles. The summed E-state index contributed by atoms with van der Waals surface area (Å²) < 4.78 is 35.0. The van der Waals surface area contributed by atoms with Crippen LogP contribution in [0.4, 0.5) is 4.39 Å². The van der Waals surface area contributed by atoms with Crippen molar-refractivity contribution in [2.45, 2.75) is 25.4 Å². The van der Waals surface area contributed by atoms with E-state index in [9.17, 15) is 17.6 Å². The summed E-state index contributed by atoms with van der Waals surface area (Å²) in [4.78, 5) is 11.9. The molecule has 0 aliphatic rings. The minimum absolute atomic E-state index is 0.0362. The maximum atomic E-state index is 13.0. The number of carbonyl (C=O) groups excluding carboxylic acids is 1. The zero-order valence-electron chi connectivity index (χ0n) is 11.8. The first kappa shape index (κ1) is 17.9. The van der Waals surface area contributed by atoms with Crippen molar-refractivity contribution in [3.63, 3.8) is 0 Å². The van der Waals surface area contributed by atoms with E-state index in [1.54, 1.807) is 6.92 Å². The maximum Gasteiger partial charge on any atom is 0.237 e. The van der Waals surface area contributed by atoms with Crippen LogP contribution in [0.25, 0.3) is 0 Å². The van der Waals surface area contributed by atoms with Crippen LogP contribution in [0.2, 0.25) is 5.02 Å². The van der Waals surface area contributed by atoms with Crippen LogP contribution in [0.1, 0.15) is 24.9 Å². The number of hydrogen-bond acceptors (Lipinski definition) is 4. The third-order valence-corrected chi connectivity index (χ3v) is 4.23. The smallest absolute Gasteiger partial charge is 0.237 e. The van der Waals surface area contributed by atoms with E-state index in [1.807, 2.05) is 0 Å². The number of amides is 1. The Labute approximate surface area is 128 Å². The van der Waals surface area contributed by atoms with Crippen molar-refractivity contribution < 1.29 is 17.6 Å². The van der Waals surface area contributed by atoms with Gasteiger partial charge in [-0.05, 0) is 31.0 Å². The van der Waals surface area contributed by atoms with E-state index in [2.05, 4.69) is 5.32 Å². The zero-order valence-corrected chi connectivity index (χ0v) is 13.3. The highest BCUT2D eigenvalue weighted by atomic mass is 35.5. The molecule has 1 aromatic carbocycles. The lowest BCUT2D eigenvalue weighted by Gasteiger charge is -2.18. The minimum Gasteiger partial charge on any atom is -0.348 e. The number of sulfone groups is 1. The maximum absolute atomic E-state index is 13.0.